The molecule has 1 aromatic heterocycles. The maximum atomic E-state index is 13.4. The predicted octanol–water partition coefficient (Wildman–Crippen LogP) is 2.77. The molecule has 3 aromatic rings. The Labute approximate surface area is 162 Å². The molecule has 0 atom stereocenters. The van der Waals surface area contributed by atoms with Gasteiger partial charge in [-0.05, 0) is 60.7 Å². The molecule has 6 nitrogen and oxygen atoms in total. The van der Waals surface area contributed by atoms with Crippen molar-refractivity contribution >= 4 is 26.7 Å². The number of carbonyl (C=O) groups excluding carboxylic acids is 1. The van der Waals surface area contributed by atoms with Gasteiger partial charge in [0, 0.05) is 5.39 Å². The maximum absolute atomic E-state index is 13.4. The summed E-state index contributed by atoms with van der Waals surface area (Å²) in [6.45, 7) is 0. The summed E-state index contributed by atoms with van der Waals surface area (Å²) in [6.07, 6.45) is 5.02. The number of rotatable bonds is 4. The Bertz CT molecular complexity index is 1220. The molecule has 0 saturated carbocycles. The molecule has 2 aromatic carbocycles. The first-order chi connectivity index (χ1) is 13.3. The minimum absolute atomic E-state index is 0.0908. The van der Waals surface area contributed by atoms with Gasteiger partial charge in [-0.25, -0.2) is 12.4 Å². The number of fused-ring (bicyclic) bond motifs is 1. The number of aliphatic hydroxyl groups is 1. The lowest BCUT2D eigenvalue weighted by Gasteiger charge is -2.24. The minimum Gasteiger partial charge on any atom is -0.497 e. The van der Waals surface area contributed by atoms with Crippen LogP contribution in [-0.2, 0) is 20.4 Å². The molecule has 1 N–H and O–H groups in total. The van der Waals surface area contributed by atoms with Crippen molar-refractivity contribution in [2.45, 2.75) is 10.5 Å². The van der Waals surface area contributed by atoms with Gasteiger partial charge in [0.2, 0.25) is 0 Å². The molecular formula is C21H17NO5S. The lowest BCUT2D eigenvalue weighted by Crippen LogP contribution is -2.29. The zero-order valence-corrected chi connectivity index (χ0v) is 15.8. The van der Waals surface area contributed by atoms with E-state index >= 15 is 0 Å². The molecule has 0 saturated heterocycles. The number of allylic oxidation sites excluding steroid dienone is 2. The maximum Gasteiger partial charge on any atom is 0.268 e. The number of hydrogen-bond acceptors (Lipinski definition) is 5. The topological polar surface area (TPSA) is 85.6 Å². The van der Waals surface area contributed by atoms with Crippen molar-refractivity contribution in [3.63, 3.8) is 0 Å². The van der Waals surface area contributed by atoms with Crippen LogP contribution in [0.25, 0.3) is 10.9 Å². The van der Waals surface area contributed by atoms with Gasteiger partial charge >= 0.3 is 0 Å². The van der Waals surface area contributed by atoms with Crippen LogP contribution in [-0.4, -0.2) is 30.4 Å². The second-order valence-corrected chi connectivity index (χ2v) is 8.22. The monoisotopic (exact) mass is 395 g/mol. The first-order valence-corrected chi connectivity index (χ1v) is 9.94. The molecule has 0 fully saturated rings. The van der Waals surface area contributed by atoms with Gasteiger partial charge < -0.3 is 9.84 Å². The average molecular weight is 395 g/mol. The molecule has 0 unspecified atom stereocenters. The van der Waals surface area contributed by atoms with Crippen molar-refractivity contribution in [3.8, 4) is 5.75 Å². The molecule has 0 amide bonds. The van der Waals surface area contributed by atoms with Crippen LogP contribution in [0, 0.1) is 0 Å². The minimum atomic E-state index is -4.01. The third-order valence-electron chi connectivity index (χ3n) is 4.66. The van der Waals surface area contributed by atoms with Crippen molar-refractivity contribution in [2.24, 2.45) is 0 Å². The number of ketones is 1. The van der Waals surface area contributed by atoms with E-state index in [2.05, 4.69) is 0 Å². The van der Waals surface area contributed by atoms with E-state index in [1.807, 2.05) is 0 Å². The highest BCUT2D eigenvalue weighted by atomic mass is 32.2. The van der Waals surface area contributed by atoms with E-state index in [0.717, 1.165) is 3.97 Å². The van der Waals surface area contributed by atoms with Crippen molar-refractivity contribution in [1.82, 2.24) is 3.97 Å². The lowest BCUT2D eigenvalue weighted by molar-refractivity contribution is -0.110. The smallest absolute Gasteiger partial charge is 0.268 e. The molecule has 1 heterocycles. The number of hydrogen-bond donors (Lipinski definition) is 1. The summed E-state index contributed by atoms with van der Waals surface area (Å²) in [7, 11) is -2.49. The summed E-state index contributed by atoms with van der Waals surface area (Å²) in [6, 6.07) is 14.5. The van der Waals surface area contributed by atoms with Crippen LogP contribution in [0.3, 0.4) is 0 Å². The van der Waals surface area contributed by atoms with Crippen LogP contribution in [0.15, 0.2) is 83.8 Å². The molecule has 0 bridgehead atoms. The molecule has 0 radical (unpaired) electrons. The first-order valence-electron chi connectivity index (χ1n) is 8.50. The molecule has 4 rings (SSSR count). The van der Waals surface area contributed by atoms with Crippen LogP contribution >= 0.6 is 0 Å². The fourth-order valence-electron chi connectivity index (χ4n) is 3.23. The van der Waals surface area contributed by atoms with E-state index in [9.17, 15) is 18.3 Å². The second kappa shape index (κ2) is 6.47. The van der Waals surface area contributed by atoms with Crippen LogP contribution in [0.1, 0.15) is 5.69 Å². The molecule has 0 aliphatic heterocycles. The van der Waals surface area contributed by atoms with Crippen LogP contribution in [0.4, 0.5) is 0 Å². The van der Waals surface area contributed by atoms with E-state index in [-0.39, 0.29) is 16.4 Å². The number of nitrogens with zero attached hydrogens (tertiary/aromatic N) is 1. The Morgan fingerprint density at radius 2 is 1.68 bits per heavy atom. The van der Waals surface area contributed by atoms with Crippen molar-refractivity contribution in [1.29, 1.82) is 0 Å². The Hall–Kier alpha value is -3.16. The zero-order valence-electron chi connectivity index (χ0n) is 14.9. The molecule has 1 aliphatic carbocycles. The highest BCUT2D eigenvalue weighted by molar-refractivity contribution is 7.90. The molecule has 1 aliphatic rings. The normalized spacial score (nSPS) is 15.9. The number of ether oxygens (including phenoxy) is 1. The SMILES string of the molecule is COc1ccc2c(c1)cc(C1(O)C=CC(=O)C=C1)n2S(=O)(=O)c1ccccc1. The molecule has 28 heavy (non-hydrogen) atoms. The van der Waals surface area contributed by atoms with Crippen molar-refractivity contribution < 1.29 is 23.1 Å². The van der Waals surface area contributed by atoms with E-state index in [1.54, 1.807) is 42.5 Å². The molecule has 0 spiro atoms. The summed E-state index contributed by atoms with van der Waals surface area (Å²) in [4.78, 5) is 11.6. The fourth-order valence-corrected chi connectivity index (χ4v) is 4.83. The first kappa shape index (κ1) is 18.2. The summed E-state index contributed by atoms with van der Waals surface area (Å²) >= 11 is 0. The van der Waals surface area contributed by atoms with Crippen LogP contribution in [0.2, 0.25) is 0 Å². The summed E-state index contributed by atoms with van der Waals surface area (Å²) in [5.41, 5.74) is -1.24. The van der Waals surface area contributed by atoms with Crippen LogP contribution < -0.4 is 4.74 Å². The van der Waals surface area contributed by atoms with E-state index < -0.39 is 15.6 Å². The number of methoxy groups -OCH3 is 1. The van der Waals surface area contributed by atoms with Gasteiger partial charge in [0.1, 0.15) is 11.4 Å². The fraction of sp³-hybridized carbons (Fsp3) is 0.0952. The Morgan fingerprint density at radius 1 is 1.00 bits per heavy atom. The standard InChI is InChI=1S/C21H17NO5S/c1-27-17-7-8-19-15(13-17)14-20(21(24)11-9-16(23)10-12-21)22(19)28(25,26)18-5-3-2-4-6-18/h2-14,24H,1H3. The highest BCUT2D eigenvalue weighted by Crippen LogP contribution is 2.36. The largest absolute Gasteiger partial charge is 0.497 e. The van der Waals surface area contributed by atoms with Gasteiger partial charge in [0.05, 0.1) is 23.2 Å². The Kier molecular flexibility index (Phi) is 4.21. The molecule has 7 heteroatoms. The van der Waals surface area contributed by atoms with Gasteiger partial charge in [-0.1, -0.05) is 18.2 Å². The van der Waals surface area contributed by atoms with Gasteiger partial charge in [-0.15, -0.1) is 0 Å². The third-order valence-corrected chi connectivity index (χ3v) is 6.40. The van der Waals surface area contributed by atoms with E-state index in [0.29, 0.717) is 16.7 Å². The predicted molar refractivity (Wildman–Crippen MR) is 105 cm³/mol. The van der Waals surface area contributed by atoms with Gasteiger partial charge in [-0.2, -0.15) is 0 Å². The summed E-state index contributed by atoms with van der Waals surface area (Å²) < 4.78 is 33.2. The Morgan fingerprint density at radius 3 is 2.32 bits per heavy atom. The van der Waals surface area contributed by atoms with Gasteiger partial charge in [0.15, 0.2) is 5.78 Å². The van der Waals surface area contributed by atoms with Gasteiger partial charge in [-0.3, -0.25) is 4.79 Å². The Balaban J connectivity index is 2.05. The number of benzene rings is 2. The molecular weight excluding hydrogens is 378 g/mol. The van der Waals surface area contributed by atoms with Crippen LogP contribution in [0.5, 0.6) is 5.75 Å². The van der Waals surface area contributed by atoms with Crippen molar-refractivity contribution in [3.05, 3.63) is 84.6 Å². The highest BCUT2D eigenvalue weighted by Gasteiger charge is 2.34. The second-order valence-electron chi connectivity index (χ2n) is 6.43. The summed E-state index contributed by atoms with van der Waals surface area (Å²) in [5, 5.41) is 11.7. The average Bonchev–Trinajstić information content (AvgIpc) is 3.11. The third kappa shape index (κ3) is 2.85. The van der Waals surface area contributed by atoms with E-state index in [4.69, 9.17) is 4.74 Å². The van der Waals surface area contributed by atoms with E-state index in [1.165, 1.54) is 43.5 Å². The zero-order chi connectivity index (χ0) is 19.9. The lowest BCUT2D eigenvalue weighted by atomic mass is 9.94. The van der Waals surface area contributed by atoms with Crippen molar-refractivity contribution in [2.75, 3.05) is 7.11 Å². The number of aromatic nitrogens is 1. The quantitative estimate of drug-likeness (QED) is 0.734. The van der Waals surface area contributed by atoms with Gasteiger partial charge in [0.25, 0.3) is 10.0 Å². The summed E-state index contributed by atoms with van der Waals surface area (Å²) in [5.74, 6) is 0.283. The number of carbonyl (C=O) groups is 1. The molecule has 142 valence electrons.